The number of piperidine rings is 1. The average Bonchev–Trinajstić information content (AvgIpc) is 3.20. The molecule has 29 heavy (non-hydrogen) atoms. The summed E-state index contributed by atoms with van der Waals surface area (Å²) in [6.07, 6.45) is -2.11. The van der Waals surface area contributed by atoms with Crippen LogP contribution in [0.2, 0.25) is 0 Å². The van der Waals surface area contributed by atoms with Crippen molar-refractivity contribution in [1.29, 1.82) is 0 Å². The smallest absolute Gasteiger partial charge is 0.380 e. The molecule has 1 aromatic carbocycles. The van der Waals surface area contributed by atoms with E-state index in [9.17, 15) is 22.8 Å². The fourth-order valence-electron chi connectivity index (χ4n) is 4.75. The number of alkyl halides is 3. The third-order valence-corrected chi connectivity index (χ3v) is 6.32. The molecule has 1 saturated carbocycles. The second-order valence-electron chi connectivity index (χ2n) is 8.27. The number of likely N-dealkylation sites (tertiary alicyclic amines) is 1. The summed E-state index contributed by atoms with van der Waals surface area (Å²) in [6, 6.07) is 4.97. The molecule has 8 heteroatoms. The van der Waals surface area contributed by atoms with E-state index in [-0.39, 0.29) is 30.2 Å². The van der Waals surface area contributed by atoms with E-state index < -0.39 is 17.6 Å². The molecule has 0 radical (unpaired) electrons. The number of fused-ring (bicyclic) bond motifs is 1. The molecule has 2 heterocycles. The fourth-order valence-corrected chi connectivity index (χ4v) is 4.75. The van der Waals surface area contributed by atoms with Crippen molar-refractivity contribution in [2.24, 2.45) is 17.8 Å². The summed E-state index contributed by atoms with van der Waals surface area (Å²) in [4.78, 5) is 27.0. The Kier molecular flexibility index (Phi) is 5.66. The molecule has 0 bridgehead atoms. The quantitative estimate of drug-likeness (QED) is 0.782. The van der Waals surface area contributed by atoms with E-state index in [0.717, 1.165) is 51.3 Å². The molecule has 5 nitrogen and oxygen atoms in total. The van der Waals surface area contributed by atoms with Crippen LogP contribution in [-0.2, 0) is 20.5 Å². The van der Waals surface area contributed by atoms with Crippen LogP contribution in [0.4, 0.5) is 18.9 Å². The van der Waals surface area contributed by atoms with Crippen LogP contribution in [0.3, 0.4) is 0 Å². The summed E-state index contributed by atoms with van der Waals surface area (Å²) >= 11 is 0. The number of amides is 1. The summed E-state index contributed by atoms with van der Waals surface area (Å²) in [7, 11) is 0. The Morgan fingerprint density at radius 2 is 1.93 bits per heavy atom. The molecular weight excluding hydrogens is 385 g/mol. The molecule has 1 aliphatic carbocycles. The van der Waals surface area contributed by atoms with Crippen molar-refractivity contribution >= 4 is 17.4 Å². The Labute approximate surface area is 167 Å². The normalized spacial score (nSPS) is 29.3. The lowest BCUT2D eigenvalue weighted by molar-refractivity contribution is -0.137. The van der Waals surface area contributed by atoms with Crippen LogP contribution in [0.1, 0.15) is 31.2 Å². The maximum atomic E-state index is 12.7. The predicted octanol–water partition coefficient (Wildman–Crippen LogP) is 3.35. The highest BCUT2D eigenvalue weighted by Crippen LogP contribution is 2.53. The van der Waals surface area contributed by atoms with Crippen LogP contribution >= 0.6 is 0 Å². The van der Waals surface area contributed by atoms with Gasteiger partial charge in [0.1, 0.15) is 5.78 Å². The minimum Gasteiger partial charge on any atom is -0.380 e. The SMILES string of the molecule is O=C(CCC(=O)C1[C@H]2CN(C3CCCOC3)C[C@@H]12)Nc1cccc(C(F)(F)F)c1. The third-order valence-electron chi connectivity index (χ3n) is 6.32. The summed E-state index contributed by atoms with van der Waals surface area (Å²) in [5, 5.41) is 2.46. The average molecular weight is 410 g/mol. The molecule has 3 fully saturated rings. The number of rotatable bonds is 6. The topological polar surface area (TPSA) is 58.6 Å². The Morgan fingerprint density at radius 3 is 2.59 bits per heavy atom. The Bertz CT molecular complexity index is 765. The largest absolute Gasteiger partial charge is 0.416 e. The molecule has 2 aliphatic heterocycles. The van der Waals surface area contributed by atoms with Crippen LogP contribution in [0.15, 0.2) is 24.3 Å². The second-order valence-corrected chi connectivity index (χ2v) is 8.27. The first-order chi connectivity index (χ1) is 13.8. The highest BCUT2D eigenvalue weighted by atomic mass is 19.4. The molecule has 1 aromatic rings. The number of halogens is 3. The number of Topliss-reactive ketones (excluding diaryl/α,β-unsaturated/α-hetero) is 1. The van der Waals surface area contributed by atoms with E-state index in [0.29, 0.717) is 17.9 Å². The van der Waals surface area contributed by atoms with Crippen molar-refractivity contribution in [3.63, 3.8) is 0 Å². The van der Waals surface area contributed by atoms with Crippen molar-refractivity contribution in [3.05, 3.63) is 29.8 Å². The monoisotopic (exact) mass is 410 g/mol. The molecule has 4 atom stereocenters. The van der Waals surface area contributed by atoms with Crippen LogP contribution in [0.5, 0.6) is 0 Å². The Balaban J connectivity index is 1.21. The number of ketones is 1. The van der Waals surface area contributed by atoms with E-state index >= 15 is 0 Å². The minimum absolute atomic E-state index is 0.00873. The fraction of sp³-hybridized carbons (Fsp3) is 0.619. The molecule has 1 N–H and O–H groups in total. The van der Waals surface area contributed by atoms with Gasteiger partial charge in [-0.15, -0.1) is 0 Å². The third kappa shape index (κ3) is 4.64. The molecule has 1 amide bonds. The van der Waals surface area contributed by atoms with E-state index in [1.165, 1.54) is 12.1 Å². The minimum atomic E-state index is -4.46. The standard InChI is InChI=1S/C21H25F3N2O3/c22-21(23,24)13-3-1-4-14(9-13)25-19(28)7-6-18(27)20-16-10-26(11-17(16)20)15-5-2-8-29-12-15/h1,3-4,9,15-17,20H,2,5-8,10-12H2,(H,25,28)/t15?,16-,17+,20?. The zero-order valence-electron chi connectivity index (χ0n) is 16.1. The Hall–Kier alpha value is -1.93. The van der Waals surface area contributed by atoms with Gasteiger partial charge in [-0.05, 0) is 42.9 Å². The summed E-state index contributed by atoms with van der Waals surface area (Å²) < 4.78 is 43.8. The number of carbonyl (C=O) groups excluding carboxylic acids is 2. The number of hydrogen-bond donors (Lipinski definition) is 1. The number of hydrogen-bond acceptors (Lipinski definition) is 4. The van der Waals surface area contributed by atoms with Gasteiger partial charge < -0.3 is 10.1 Å². The zero-order chi connectivity index (χ0) is 20.6. The number of ether oxygens (including phenoxy) is 1. The van der Waals surface area contributed by atoms with Gasteiger partial charge in [0.25, 0.3) is 0 Å². The zero-order valence-corrected chi connectivity index (χ0v) is 16.1. The first kappa shape index (κ1) is 20.3. The van der Waals surface area contributed by atoms with Crippen LogP contribution in [0, 0.1) is 17.8 Å². The number of anilines is 1. The van der Waals surface area contributed by atoms with Crippen LogP contribution < -0.4 is 5.32 Å². The molecule has 0 spiro atoms. The van der Waals surface area contributed by atoms with E-state index in [4.69, 9.17) is 4.74 Å². The van der Waals surface area contributed by atoms with E-state index in [1.54, 1.807) is 0 Å². The first-order valence-corrected chi connectivity index (χ1v) is 10.1. The summed E-state index contributed by atoms with van der Waals surface area (Å²) in [6.45, 7) is 3.45. The second kappa shape index (κ2) is 8.07. The summed E-state index contributed by atoms with van der Waals surface area (Å²) in [5.74, 6) is 0.465. The number of carbonyl (C=O) groups is 2. The number of benzene rings is 1. The van der Waals surface area contributed by atoms with Gasteiger partial charge >= 0.3 is 6.18 Å². The van der Waals surface area contributed by atoms with Gasteiger partial charge in [0.05, 0.1) is 12.2 Å². The lowest BCUT2D eigenvalue weighted by atomic mass is 10.0. The number of nitrogens with one attached hydrogen (secondary N) is 1. The van der Waals surface area contributed by atoms with Crippen molar-refractivity contribution in [2.45, 2.75) is 37.9 Å². The first-order valence-electron chi connectivity index (χ1n) is 10.1. The predicted molar refractivity (Wildman–Crippen MR) is 100 cm³/mol. The molecule has 3 aliphatic rings. The maximum absolute atomic E-state index is 12.7. The van der Waals surface area contributed by atoms with E-state index in [1.807, 2.05) is 0 Å². The van der Waals surface area contributed by atoms with Gasteiger partial charge in [0, 0.05) is 50.2 Å². The highest BCUT2D eigenvalue weighted by Gasteiger charge is 2.59. The van der Waals surface area contributed by atoms with Crippen LogP contribution in [0.25, 0.3) is 0 Å². The van der Waals surface area contributed by atoms with Crippen molar-refractivity contribution in [3.8, 4) is 0 Å². The van der Waals surface area contributed by atoms with Gasteiger partial charge in [-0.25, -0.2) is 0 Å². The molecule has 158 valence electrons. The molecule has 0 aromatic heterocycles. The maximum Gasteiger partial charge on any atom is 0.416 e. The van der Waals surface area contributed by atoms with Crippen molar-refractivity contribution in [2.75, 3.05) is 31.6 Å². The van der Waals surface area contributed by atoms with Gasteiger partial charge in [-0.1, -0.05) is 6.07 Å². The molecule has 2 unspecified atom stereocenters. The van der Waals surface area contributed by atoms with Gasteiger partial charge in [0.2, 0.25) is 5.91 Å². The molecule has 2 saturated heterocycles. The van der Waals surface area contributed by atoms with Gasteiger partial charge in [-0.2, -0.15) is 13.2 Å². The van der Waals surface area contributed by atoms with Crippen LogP contribution in [-0.4, -0.2) is 48.9 Å². The van der Waals surface area contributed by atoms with Gasteiger partial charge in [-0.3, -0.25) is 14.5 Å². The van der Waals surface area contributed by atoms with Gasteiger partial charge in [0.15, 0.2) is 0 Å². The van der Waals surface area contributed by atoms with E-state index in [2.05, 4.69) is 10.2 Å². The van der Waals surface area contributed by atoms with Crippen molar-refractivity contribution in [1.82, 2.24) is 4.90 Å². The van der Waals surface area contributed by atoms with Crippen molar-refractivity contribution < 1.29 is 27.5 Å². The Morgan fingerprint density at radius 1 is 1.17 bits per heavy atom. The number of nitrogens with zero attached hydrogens (tertiary/aromatic N) is 1. The highest BCUT2D eigenvalue weighted by molar-refractivity contribution is 5.94. The summed E-state index contributed by atoms with van der Waals surface area (Å²) in [5.41, 5.74) is -0.726. The lowest BCUT2D eigenvalue weighted by Crippen LogP contribution is -2.41. The lowest BCUT2D eigenvalue weighted by Gasteiger charge is -2.32. The molecular formula is C21H25F3N2O3. The molecule has 4 rings (SSSR count).